The fourth-order valence-corrected chi connectivity index (χ4v) is 19.3. The van der Waals surface area contributed by atoms with Crippen molar-refractivity contribution < 1.29 is 88.7 Å². The Labute approximate surface area is 733 Å². The molecule has 0 saturated carbocycles. The highest BCUT2D eigenvalue weighted by Crippen LogP contribution is 2.45. The Morgan fingerprint density at radius 2 is 0.808 bits per heavy atom. The van der Waals surface area contributed by atoms with Gasteiger partial charge in [0.25, 0.3) is 0 Å². The third-order valence-electron chi connectivity index (χ3n) is 22.2. The van der Waals surface area contributed by atoms with Gasteiger partial charge in [0, 0.05) is 81.4 Å². The van der Waals surface area contributed by atoms with E-state index < -0.39 is 194 Å². The highest BCUT2D eigenvalue weighted by Gasteiger charge is 2.50. The van der Waals surface area contributed by atoms with Crippen LogP contribution < -0.4 is 55.9 Å². The van der Waals surface area contributed by atoms with E-state index >= 15 is 0 Å². The lowest BCUT2D eigenvalue weighted by molar-refractivity contribution is -0.114. The minimum atomic E-state index is -2.03. The Bertz CT molecular complexity index is 5060. The number of hydrogen-bond donors (Lipinski definition) is 14. The molecule has 0 aromatic carbocycles. The summed E-state index contributed by atoms with van der Waals surface area (Å²) in [7, 11) is 3.12. The number of amides is 1. The summed E-state index contributed by atoms with van der Waals surface area (Å²) >= 11 is 0. The smallest absolute Gasteiger partial charge is 0.351 e. The van der Waals surface area contributed by atoms with Crippen molar-refractivity contribution in [3.8, 4) is 0 Å². The van der Waals surface area contributed by atoms with Gasteiger partial charge in [-0.2, -0.15) is 24.9 Å². The highest BCUT2D eigenvalue weighted by atomic mass is 31.2. The first kappa shape index (κ1) is 108. The lowest BCUT2D eigenvalue weighted by Gasteiger charge is -2.36. The molecule has 38 nitrogen and oxygen atoms in total. The zero-order chi connectivity index (χ0) is 94.8. The standard InChI is InChI=1S/C20H38N3O5PSi.C17H28N3O5P.C16H28N3O4P.C14H24N3O5P.C14H24N3O4P/c1-20(2,3)30(7,8)27-12-13-11-23(19(26)22-17(13)21)18-16(25)15(24)14(28-18)9-10-29(4,5)6;1-6-11-9-20(17(24)19-15(11)18-10(2)21)16-14(23)13(22)12(25-16)7-8-26(3,4)5;1-18(2)12-7-9-19(16(21)17-12)15-14(22-3)13(20)11(23-15)8-10-24(4,5)6;1-23(2,3)5-4-9-10(19)11(20)13(22-9)17-6-8(7-18)12(15)16-14(17)21;1-8-7-17(14(20)16-12(8)15)13-11(19)10(18)9(21-13)5-6-22(2,3)4/h11,14-16,18,24-25H,4,9-10,12H2,1-3,5-8H3,(H2,21,22,26);9,12-14,16,22-23H,3,6-8H2,1-2,4-5H3,(H,18,19,21,24);7,9,11,13-15,20H,4,8,10H2,1-3,5-6H3;6,9-11,13,18-20H,1,4-5,7H2,2-3H3,(H2,15,16,21);7,9-11,13,18-19H,2,5-6H2,1,3-4H3,(H2,15,16,20)/t14-,15-,16-,18?;12-,13-,14-,16?;11-,13-,14-,15?;2*9-,10-,11-,13?/m11111/s1. The molecule has 0 aliphatic carbocycles. The van der Waals surface area contributed by atoms with Gasteiger partial charge >= 0.3 is 28.4 Å². The molecule has 125 heavy (non-hydrogen) atoms. The fourth-order valence-electron chi connectivity index (χ4n) is 13.6. The fraction of sp³-hybridized carbons (Fsp3) is 0.679. The summed E-state index contributed by atoms with van der Waals surface area (Å²) in [6, 6.07) is 1.74. The zero-order valence-electron chi connectivity index (χ0n) is 76.4. The van der Waals surface area contributed by atoms with Gasteiger partial charge < -0.3 is 111 Å². The molecule has 5 unspecified atom stereocenters. The van der Waals surface area contributed by atoms with E-state index in [0.29, 0.717) is 61.0 Å². The van der Waals surface area contributed by atoms with E-state index in [9.17, 15) is 79.8 Å². The van der Waals surface area contributed by atoms with Crippen LogP contribution in [0.5, 0.6) is 0 Å². The summed E-state index contributed by atoms with van der Waals surface area (Å²) < 4.78 is 46.7. The molecule has 5 aromatic rings. The number of aliphatic hydroxyl groups excluding tert-OH is 10. The number of nitrogens with two attached hydrogens (primary N) is 3. The van der Waals surface area contributed by atoms with Crippen LogP contribution in [0.1, 0.15) is 120 Å². The Kier molecular flexibility index (Phi) is 38.3. The number of aliphatic hydroxyl groups is 10. The van der Waals surface area contributed by atoms with Crippen LogP contribution in [0.3, 0.4) is 0 Å². The van der Waals surface area contributed by atoms with E-state index in [-0.39, 0.29) is 52.5 Å². The second-order valence-corrected chi connectivity index (χ2v) is 64.2. The Morgan fingerprint density at radius 1 is 0.496 bits per heavy atom. The molecule has 5 saturated heterocycles. The number of carbonyl (C=O) groups excluding carboxylic acids is 1. The number of ether oxygens (including phenoxy) is 6. The monoisotopic (exact) mass is 1880 g/mol. The summed E-state index contributed by atoms with van der Waals surface area (Å²) in [4.78, 5) is 93.3. The largest absolute Gasteiger partial charge is 0.412 e. The molecule has 10 heterocycles. The lowest BCUT2D eigenvalue weighted by atomic mass is 10.1. The van der Waals surface area contributed by atoms with E-state index in [4.69, 9.17) is 50.0 Å². The average Bonchev–Trinajstić information content (AvgIpc) is 1.69. The second-order valence-electron chi connectivity index (χ2n) is 37.8. The maximum Gasteiger partial charge on any atom is 0.351 e. The minimum absolute atomic E-state index is 0.0241. The predicted molar refractivity (Wildman–Crippen MR) is 508 cm³/mol. The van der Waals surface area contributed by atoms with Gasteiger partial charge in [0.05, 0.1) is 43.7 Å². The number of carbonyl (C=O) groups is 1. The molecule has 10 rings (SSSR count). The summed E-state index contributed by atoms with van der Waals surface area (Å²) in [6.07, 6.45) is 17.8. The van der Waals surface area contributed by atoms with Gasteiger partial charge in [-0.1, -0.05) is 27.7 Å². The van der Waals surface area contributed by atoms with E-state index in [1.165, 1.54) is 57.1 Å². The first-order chi connectivity index (χ1) is 57.4. The molecule has 0 bridgehead atoms. The van der Waals surface area contributed by atoms with E-state index in [1.807, 2.05) is 21.0 Å². The predicted octanol–water partition coefficient (Wildman–Crippen LogP) is 2.12. The number of aromatic nitrogens is 10. The van der Waals surface area contributed by atoms with Crippen molar-refractivity contribution in [3.05, 3.63) is 112 Å². The van der Waals surface area contributed by atoms with Crippen molar-refractivity contribution in [2.24, 2.45) is 0 Å². The molecule has 708 valence electrons. The summed E-state index contributed by atoms with van der Waals surface area (Å²) in [6.45, 7) is 30.1. The van der Waals surface area contributed by atoms with Crippen molar-refractivity contribution >= 4 is 109 Å². The van der Waals surface area contributed by atoms with Crippen LogP contribution in [0.25, 0.3) is 0 Å². The Morgan fingerprint density at radius 3 is 1.13 bits per heavy atom. The minimum Gasteiger partial charge on any atom is -0.412 e. The van der Waals surface area contributed by atoms with E-state index in [0.717, 1.165) is 35.4 Å². The third kappa shape index (κ3) is 30.1. The van der Waals surface area contributed by atoms with Gasteiger partial charge in [-0.25, -0.2) is 24.0 Å². The highest BCUT2D eigenvalue weighted by molar-refractivity contribution is 7.73. The van der Waals surface area contributed by atoms with Crippen LogP contribution in [-0.2, 0) is 57.3 Å². The van der Waals surface area contributed by atoms with Crippen molar-refractivity contribution in [1.29, 1.82) is 0 Å². The van der Waals surface area contributed by atoms with E-state index in [1.54, 1.807) is 24.1 Å². The first-order valence-corrected chi connectivity index (χ1v) is 59.4. The molecule has 0 spiro atoms. The van der Waals surface area contributed by atoms with Gasteiger partial charge in [0.15, 0.2) is 39.5 Å². The number of hydrogen-bond acceptors (Lipinski definition) is 32. The maximum absolute atomic E-state index is 12.5. The molecule has 5 fully saturated rings. The molecular formula is C81H142N15O23P5Si. The summed E-state index contributed by atoms with van der Waals surface area (Å²) in [5.41, 5.74) is 16.1. The van der Waals surface area contributed by atoms with Crippen molar-refractivity contribution in [1.82, 2.24) is 47.8 Å². The first-order valence-electron chi connectivity index (χ1n) is 41.2. The van der Waals surface area contributed by atoms with Crippen molar-refractivity contribution in [2.75, 3.05) is 146 Å². The quantitative estimate of drug-likeness (QED) is 0.0252. The molecular weight excluding hydrogens is 1730 g/mol. The van der Waals surface area contributed by atoms with Gasteiger partial charge in [0.1, 0.15) is 90.1 Å². The molecule has 20 atom stereocenters. The van der Waals surface area contributed by atoms with E-state index in [2.05, 4.69) is 162 Å². The number of methoxy groups -OCH3 is 1. The second kappa shape index (κ2) is 44.3. The molecule has 5 aliphatic heterocycles. The number of aryl methyl sites for hydroxylation is 2. The number of nitrogen functional groups attached to an aromatic ring is 3. The van der Waals surface area contributed by atoms with Crippen LogP contribution in [0.15, 0.2) is 61.0 Å². The maximum atomic E-state index is 12.5. The van der Waals surface area contributed by atoms with Crippen molar-refractivity contribution in [3.63, 3.8) is 0 Å². The summed E-state index contributed by atoms with van der Waals surface area (Å²) in [5.74, 6) is 0.633. The molecule has 5 aliphatic rings. The van der Waals surface area contributed by atoms with Gasteiger partial charge in [-0.3, -0.25) is 27.6 Å². The normalized spacial score (nSPS) is 27.1. The van der Waals surface area contributed by atoms with Crippen LogP contribution >= 0.6 is 34.4 Å². The number of anilines is 5. The van der Waals surface area contributed by atoms with Gasteiger partial charge in [-0.05, 0) is 167 Å². The van der Waals surface area contributed by atoms with Crippen LogP contribution in [0.4, 0.5) is 29.1 Å². The summed E-state index contributed by atoms with van der Waals surface area (Å²) in [5, 5.41) is 105. The van der Waals surface area contributed by atoms with Gasteiger partial charge in [0.2, 0.25) is 5.91 Å². The molecule has 44 heteroatoms. The zero-order valence-corrected chi connectivity index (χ0v) is 81.9. The van der Waals surface area contributed by atoms with Crippen LogP contribution in [0.2, 0.25) is 18.1 Å². The molecule has 1 amide bonds. The lowest BCUT2D eigenvalue weighted by Crippen LogP contribution is -2.41. The average molecular weight is 1880 g/mol. The SMILES string of the molecule is C=P(C)(C)CC[C@H]1OC(n2cc(C)c(N)nc2=O)[C@H](O)[C@@H]1O.C=P(C)(C)CC[C@H]1OC(n2cc(CC)c(NC(C)=O)nc2=O)[C@H](O)[C@@H]1O.C=P(C)(C)CC[C@H]1OC(n2cc(CO)c(N)nc2=O)[C@H](O)[C@@H]1O.C=P(C)(C)CC[C@H]1OC(n2cc(CO[Si](C)(C)C(C)(C)C)c(N)nc2=O)[C@H](O)[C@@H]1O.C=P(C)(C)CC[C@H]1OC(n2ccc(N(C)C)nc2=O)[C@H](OC)[C@@H]1O. The van der Waals surface area contributed by atoms with Crippen molar-refractivity contribution in [2.45, 2.75) is 234 Å². The molecule has 0 radical (unpaired) electrons. The molecule has 5 aromatic heterocycles. The number of nitrogens with one attached hydrogen (secondary N) is 1. The van der Waals surface area contributed by atoms with Crippen LogP contribution in [-0.4, -0.2) is 355 Å². The topological polar surface area (TPSA) is 552 Å². The number of nitrogens with zero attached hydrogens (tertiary/aromatic N) is 11. The Hall–Kier alpha value is -5.89. The van der Waals surface area contributed by atoms with Gasteiger partial charge in [-0.15, -0.1) is 65.9 Å². The molecule has 17 N–H and O–H groups in total. The van der Waals surface area contributed by atoms with Crippen LogP contribution in [0, 0.1) is 6.92 Å². The third-order valence-corrected chi connectivity index (χ3v) is 34.1. The Balaban J connectivity index is 0.000000242. The number of rotatable bonds is 28.